The lowest BCUT2D eigenvalue weighted by atomic mass is 9.91. The van der Waals surface area contributed by atoms with E-state index in [1.807, 2.05) is 0 Å². The molecule has 1 heterocycles. The molecule has 0 bridgehead atoms. The number of hydrogen-bond donors (Lipinski definition) is 1. The lowest BCUT2D eigenvalue weighted by Crippen LogP contribution is -2.40. The van der Waals surface area contributed by atoms with Crippen molar-refractivity contribution in [1.29, 1.82) is 0 Å². The first-order valence-electron chi connectivity index (χ1n) is 6.66. The van der Waals surface area contributed by atoms with Crippen molar-refractivity contribution < 1.29 is 0 Å². The van der Waals surface area contributed by atoms with Crippen LogP contribution >= 0.6 is 0 Å². The highest BCUT2D eigenvalue weighted by molar-refractivity contribution is 5.10. The maximum Gasteiger partial charge on any atom is 0.0547 e. The maximum absolute atomic E-state index is 5.61. The Morgan fingerprint density at radius 1 is 1.41 bits per heavy atom. The van der Waals surface area contributed by atoms with Crippen LogP contribution in [-0.2, 0) is 6.54 Å². The van der Waals surface area contributed by atoms with Crippen molar-refractivity contribution in [2.75, 3.05) is 13.1 Å². The zero-order chi connectivity index (χ0) is 12.1. The average Bonchev–Trinajstić information content (AvgIpc) is 2.23. The van der Waals surface area contributed by atoms with Gasteiger partial charge in [-0.25, -0.2) is 0 Å². The average molecular weight is 233 g/mol. The minimum absolute atomic E-state index is 0.767. The van der Waals surface area contributed by atoms with Gasteiger partial charge in [0.1, 0.15) is 0 Å². The van der Waals surface area contributed by atoms with Gasteiger partial charge in [-0.2, -0.15) is 0 Å². The third-order valence-corrected chi connectivity index (χ3v) is 3.55. The zero-order valence-electron chi connectivity index (χ0n) is 10.7. The van der Waals surface area contributed by atoms with Crippen LogP contribution in [0.25, 0.3) is 0 Å². The van der Waals surface area contributed by atoms with Crippen molar-refractivity contribution in [1.82, 2.24) is 9.88 Å². The first-order chi connectivity index (χ1) is 8.29. The number of aryl methyl sites for hydroxylation is 1. The zero-order valence-corrected chi connectivity index (χ0v) is 10.7. The molecule has 2 rings (SSSR count). The highest BCUT2D eigenvalue weighted by atomic mass is 15.2. The van der Waals surface area contributed by atoms with Gasteiger partial charge in [-0.05, 0) is 44.9 Å². The number of nitrogens with zero attached hydrogens (tertiary/aromatic N) is 2. The van der Waals surface area contributed by atoms with E-state index < -0.39 is 0 Å². The second-order valence-electron chi connectivity index (χ2n) is 4.97. The Balaban J connectivity index is 1.95. The Hall–Kier alpha value is -0.930. The first-order valence-corrected chi connectivity index (χ1v) is 6.66. The SMILES string of the molecule is Cc1cccc(CN(CCCN)C2CCC2)n1. The lowest BCUT2D eigenvalue weighted by molar-refractivity contribution is 0.117. The molecule has 2 N–H and O–H groups in total. The van der Waals surface area contributed by atoms with Crippen LogP contribution in [0, 0.1) is 6.92 Å². The van der Waals surface area contributed by atoms with E-state index in [-0.39, 0.29) is 0 Å². The summed E-state index contributed by atoms with van der Waals surface area (Å²) in [6.07, 6.45) is 5.15. The smallest absolute Gasteiger partial charge is 0.0547 e. The summed E-state index contributed by atoms with van der Waals surface area (Å²) in [7, 11) is 0. The van der Waals surface area contributed by atoms with E-state index in [9.17, 15) is 0 Å². The van der Waals surface area contributed by atoms with Crippen molar-refractivity contribution in [2.24, 2.45) is 5.73 Å². The van der Waals surface area contributed by atoms with Gasteiger partial charge in [-0.3, -0.25) is 9.88 Å². The Kier molecular flexibility index (Phi) is 4.51. The monoisotopic (exact) mass is 233 g/mol. The second kappa shape index (κ2) is 6.12. The third-order valence-electron chi connectivity index (χ3n) is 3.55. The summed E-state index contributed by atoms with van der Waals surface area (Å²) in [5, 5.41) is 0. The molecule has 0 saturated heterocycles. The largest absolute Gasteiger partial charge is 0.330 e. The molecule has 0 radical (unpaired) electrons. The molecule has 0 atom stereocenters. The molecule has 1 saturated carbocycles. The second-order valence-corrected chi connectivity index (χ2v) is 4.97. The van der Waals surface area contributed by atoms with Crippen LogP contribution < -0.4 is 5.73 Å². The molecule has 1 aromatic heterocycles. The van der Waals surface area contributed by atoms with Crippen molar-refractivity contribution in [2.45, 2.75) is 45.2 Å². The summed E-state index contributed by atoms with van der Waals surface area (Å²) >= 11 is 0. The van der Waals surface area contributed by atoms with E-state index in [2.05, 4.69) is 35.0 Å². The van der Waals surface area contributed by atoms with Crippen molar-refractivity contribution >= 4 is 0 Å². The van der Waals surface area contributed by atoms with Crippen LogP contribution in [0.2, 0.25) is 0 Å². The highest BCUT2D eigenvalue weighted by Crippen LogP contribution is 2.26. The number of aromatic nitrogens is 1. The van der Waals surface area contributed by atoms with Gasteiger partial charge in [0.15, 0.2) is 0 Å². The summed E-state index contributed by atoms with van der Waals surface area (Å²) in [5.74, 6) is 0. The van der Waals surface area contributed by atoms with Gasteiger partial charge < -0.3 is 5.73 Å². The van der Waals surface area contributed by atoms with Crippen molar-refractivity contribution in [3.8, 4) is 0 Å². The van der Waals surface area contributed by atoms with Crippen LogP contribution in [0.5, 0.6) is 0 Å². The molecule has 1 aromatic rings. The fraction of sp³-hybridized carbons (Fsp3) is 0.643. The Morgan fingerprint density at radius 2 is 2.24 bits per heavy atom. The van der Waals surface area contributed by atoms with E-state index in [1.165, 1.54) is 25.0 Å². The molecule has 1 fully saturated rings. The first kappa shape index (κ1) is 12.5. The molecule has 3 nitrogen and oxygen atoms in total. The summed E-state index contributed by atoms with van der Waals surface area (Å²) in [4.78, 5) is 7.14. The summed E-state index contributed by atoms with van der Waals surface area (Å²) < 4.78 is 0. The van der Waals surface area contributed by atoms with Gasteiger partial charge in [0.25, 0.3) is 0 Å². The normalized spacial score (nSPS) is 16.2. The molecular weight excluding hydrogens is 210 g/mol. The summed E-state index contributed by atoms with van der Waals surface area (Å²) in [5.41, 5.74) is 7.91. The predicted molar refractivity (Wildman–Crippen MR) is 70.7 cm³/mol. The minimum atomic E-state index is 0.767. The van der Waals surface area contributed by atoms with Gasteiger partial charge in [0, 0.05) is 24.8 Å². The van der Waals surface area contributed by atoms with E-state index >= 15 is 0 Å². The molecule has 0 aliphatic heterocycles. The minimum Gasteiger partial charge on any atom is -0.330 e. The molecular formula is C14H23N3. The van der Waals surface area contributed by atoms with E-state index in [0.717, 1.165) is 37.8 Å². The molecule has 3 heteroatoms. The molecule has 0 amide bonds. The molecule has 0 unspecified atom stereocenters. The topological polar surface area (TPSA) is 42.1 Å². The summed E-state index contributed by atoms with van der Waals surface area (Å²) in [6, 6.07) is 7.04. The van der Waals surface area contributed by atoms with Gasteiger partial charge in [-0.1, -0.05) is 12.5 Å². The standard InChI is InChI=1S/C14H23N3/c1-12-5-2-6-13(16-12)11-17(10-4-9-15)14-7-3-8-14/h2,5-6,14H,3-4,7-11,15H2,1H3. The molecule has 0 spiro atoms. The van der Waals surface area contributed by atoms with Crippen LogP contribution in [-0.4, -0.2) is 29.0 Å². The van der Waals surface area contributed by atoms with Gasteiger partial charge in [-0.15, -0.1) is 0 Å². The van der Waals surface area contributed by atoms with Crippen molar-refractivity contribution in [3.63, 3.8) is 0 Å². The third kappa shape index (κ3) is 3.51. The Labute approximate surface area is 104 Å². The fourth-order valence-electron chi connectivity index (χ4n) is 2.33. The lowest BCUT2D eigenvalue weighted by Gasteiger charge is -2.37. The summed E-state index contributed by atoms with van der Waals surface area (Å²) in [6.45, 7) is 4.92. The Morgan fingerprint density at radius 3 is 2.82 bits per heavy atom. The van der Waals surface area contributed by atoms with E-state index in [1.54, 1.807) is 0 Å². The fourth-order valence-corrected chi connectivity index (χ4v) is 2.33. The molecule has 94 valence electrons. The predicted octanol–water partition coefficient (Wildman–Crippen LogP) is 2.09. The molecule has 0 aromatic carbocycles. The van der Waals surface area contributed by atoms with Crippen molar-refractivity contribution in [3.05, 3.63) is 29.6 Å². The van der Waals surface area contributed by atoms with Crippen LogP contribution in [0.4, 0.5) is 0 Å². The molecule has 1 aliphatic carbocycles. The van der Waals surface area contributed by atoms with Gasteiger partial charge >= 0.3 is 0 Å². The highest BCUT2D eigenvalue weighted by Gasteiger charge is 2.24. The number of rotatable bonds is 6. The molecule has 1 aliphatic rings. The molecule has 17 heavy (non-hydrogen) atoms. The number of nitrogens with two attached hydrogens (primary N) is 1. The van der Waals surface area contributed by atoms with Gasteiger partial charge in [0.2, 0.25) is 0 Å². The quantitative estimate of drug-likeness (QED) is 0.818. The Bertz CT molecular complexity index is 347. The van der Waals surface area contributed by atoms with Gasteiger partial charge in [0.05, 0.1) is 5.69 Å². The van der Waals surface area contributed by atoms with Crippen LogP contribution in [0.1, 0.15) is 37.1 Å². The van der Waals surface area contributed by atoms with E-state index in [4.69, 9.17) is 5.73 Å². The van der Waals surface area contributed by atoms with Crippen LogP contribution in [0.3, 0.4) is 0 Å². The number of hydrogen-bond acceptors (Lipinski definition) is 3. The van der Waals surface area contributed by atoms with E-state index in [0.29, 0.717) is 0 Å². The van der Waals surface area contributed by atoms with Crippen LogP contribution in [0.15, 0.2) is 18.2 Å². The maximum atomic E-state index is 5.61. The number of pyridine rings is 1.